The van der Waals surface area contributed by atoms with E-state index in [9.17, 15) is 14.4 Å². The third-order valence-corrected chi connectivity index (χ3v) is 5.55. The molecular weight excluding hydrogens is 432 g/mol. The van der Waals surface area contributed by atoms with Crippen molar-refractivity contribution in [2.75, 3.05) is 12.5 Å². The number of nitrogens with one attached hydrogen (secondary N) is 2. The molecule has 1 atom stereocenters. The predicted molar refractivity (Wildman–Crippen MR) is 120 cm³/mol. The van der Waals surface area contributed by atoms with Gasteiger partial charge in [-0.2, -0.15) is 0 Å². The van der Waals surface area contributed by atoms with E-state index in [0.29, 0.717) is 22.0 Å². The minimum Gasteiger partial charge on any atom is -0.454 e. The highest BCUT2D eigenvalue weighted by atomic mass is 32.2. The van der Waals surface area contributed by atoms with Crippen molar-refractivity contribution in [2.24, 2.45) is 0 Å². The number of thioether (sulfide) groups is 1. The van der Waals surface area contributed by atoms with E-state index in [0.717, 1.165) is 5.56 Å². The van der Waals surface area contributed by atoms with Crippen LogP contribution in [0.25, 0.3) is 0 Å². The first-order chi connectivity index (χ1) is 15.3. The Morgan fingerprint density at radius 2 is 1.81 bits per heavy atom. The maximum Gasteiger partial charge on any atom is 0.340 e. The van der Waals surface area contributed by atoms with Crippen molar-refractivity contribution < 1.29 is 28.6 Å². The van der Waals surface area contributed by atoms with Crippen molar-refractivity contribution in [3.8, 4) is 11.5 Å². The molecule has 2 aromatic carbocycles. The molecule has 2 aromatic rings. The van der Waals surface area contributed by atoms with E-state index in [-0.39, 0.29) is 31.0 Å². The summed E-state index contributed by atoms with van der Waals surface area (Å²) in [5.41, 5.74) is 1.15. The lowest BCUT2D eigenvalue weighted by Crippen LogP contribution is -2.35. The lowest BCUT2D eigenvalue weighted by atomic mass is 10.2. The van der Waals surface area contributed by atoms with Crippen molar-refractivity contribution in [1.82, 2.24) is 10.6 Å². The van der Waals surface area contributed by atoms with E-state index >= 15 is 0 Å². The maximum absolute atomic E-state index is 12.7. The quantitative estimate of drug-likeness (QED) is 0.440. The van der Waals surface area contributed by atoms with Crippen molar-refractivity contribution in [3.05, 3.63) is 53.6 Å². The number of fused-ring (bicyclic) bond motifs is 1. The second-order valence-electron chi connectivity index (χ2n) is 7.46. The number of carbonyl (C=O) groups excluding carboxylic acids is 3. The van der Waals surface area contributed by atoms with Gasteiger partial charge in [0.25, 0.3) is 5.91 Å². The number of rotatable bonds is 9. The lowest BCUT2D eigenvalue weighted by molar-refractivity contribution is -0.129. The van der Waals surface area contributed by atoms with E-state index in [1.807, 2.05) is 19.9 Å². The molecule has 2 amide bonds. The highest BCUT2D eigenvalue weighted by molar-refractivity contribution is 8.00. The van der Waals surface area contributed by atoms with Crippen molar-refractivity contribution >= 4 is 29.5 Å². The molecule has 32 heavy (non-hydrogen) atoms. The lowest BCUT2D eigenvalue weighted by Gasteiger charge is -2.15. The summed E-state index contributed by atoms with van der Waals surface area (Å²) < 4.78 is 16.0. The van der Waals surface area contributed by atoms with Gasteiger partial charge in [0.05, 0.1) is 11.3 Å². The highest BCUT2D eigenvalue weighted by Gasteiger charge is 2.21. The Bertz CT molecular complexity index is 994. The van der Waals surface area contributed by atoms with Gasteiger partial charge in [-0.05, 0) is 50.6 Å². The Kier molecular flexibility index (Phi) is 7.99. The van der Waals surface area contributed by atoms with Crippen LogP contribution in [0.15, 0.2) is 47.4 Å². The van der Waals surface area contributed by atoms with E-state index in [1.165, 1.54) is 18.7 Å². The monoisotopic (exact) mass is 458 g/mol. The molecule has 0 fully saturated rings. The molecule has 3 rings (SSSR count). The average Bonchev–Trinajstić information content (AvgIpc) is 3.23. The van der Waals surface area contributed by atoms with Gasteiger partial charge in [-0.15, -0.1) is 11.8 Å². The van der Waals surface area contributed by atoms with Gasteiger partial charge < -0.3 is 24.8 Å². The zero-order valence-electron chi connectivity index (χ0n) is 18.2. The van der Waals surface area contributed by atoms with Crippen molar-refractivity contribution in [3.63, 3.8) is 0 Å². The van der Waals surface area contributed by atoms with Crippen LogP contribution in [0.5, 0.6) is 11.5 Å². The van der Waals surface area contributed by atoms with E-state index in [1.54, 1.807) is 36.4 Å². The molecule has 9 heteroatoms. The molecule has 0 bridgehead atoms. The van der Waals surface area contributed by atoms with Crippen LogP contribution in [0, 0.1) is 0 Å². The number of amides is 2. The molecule has 8 nitrogen and oxygen atoms in total. The average molecular weight is 459 g/mol. The number of carbonyl (C=O) groups is 3. The second kappa shape index (κ2) is 10.9. The van der Waals surface area contributed by atoms with Gasteiger partial charge in [-0.25, -0.2) is 4.79 Å². The van der Waals surface area contributed by atoms with Crippen LogP contribution in [0.4, 0.5) is 0 Å². The fourth-order valence-electron chi connectivity index (χ4n) is 2.93. The summed E-state index contributed by atoms with van der Waals surface area (Å²) in [4.78, 5) is 37.6. The minimum absolute atomic E-state index is 0.0420. The minimum atomic E-state index is -0.987. The summed E-state index contributed by atoms with van der Waals surface area (Å²) >= 11 is 1.24. The SMILES string of the molecule is CC(C)NC(=O)CSc1ccccc1C(=O)O[C@H](C)C(=O)NCc1ccc2c(c1)OCO2. The Labute approximate surface area is 191 Å². The standard InChI is InChI=1S/C23H26N2O6S/c1-14(2)25-21(26)12-32-20-7-5-4-6-17(20)23(28)31-15(3)22(27)24-11-16-8-9-18-19(10-16)30-13-29-18/h4-10,14-15H,11-13H2,1-3H3,(H,24,27)(H,25,26)/t15-/m1/s1. The van der Waals surface area contributed by atoms with Gasteiger partial charge in [-0.1, -0.05) is 18.2 Å². The normalized spacial score (nSPS) is 12.9. The number of ether oxygens (including phenoxy) is 3. The first kappa shape index (κ1) is 23.5. The van der Waals surface area contributed by atoms with Gasteiger partial charge in [0.1, 0.15) is 0 Å². The molecular formula is C23H26N2O6S. The second-order valence-corrected chi connectivity index (χ2v) is 8.48. The van der Waals surface area contributed by atoms with Crippen molar-refractivity contribution in [1.29, 1.82) is 0 Å². The first-order valence-electron chi connectivity index (χ1n) is 10.2. The molecule has 0 aliphatic carbocycles. The molecule has 0 aromatic heterocycles. The van der Waals surface area contributed by atoms with E-state index in [4.69, 9.17) is 14.2 Å². The summed E-state index contributed by atoms with van der Waals surface area (Å²) in [5, 5.41) is 5.56. The summed E-state index contributed by atoms with van der Waals surface area (Å²) in [6.45, 7) is 5.72. The summed E-state index contributed by atoms with van der Waals surface area (Å²) in [6, 6.07) is 12.3. The van der Waals surface area contributed by atoms with Crippen LogP contribution in [-0.2, 0) is 20.9 Å². The van der Waals surface area contributed by atoms with Crippen LogP contribution < -0.4 is 20.1 Å². The van der Waals surface area contributed by atoms with E-state index in [2.05, 4.69) is 10.6 Å². The summed E-state index contributed by atoms with van der Waals surface area (Å²) in [6.07, 6.45) is -0.987. The van der Waals surface area contributed by atoms with Crippen LogP contribution in [0.2, 0.25) is 0 Å². The molecule has 1 aliphatic rings. The Balaban J connectivity index is 1.53. The molecule has 170 valence electrons. The van der Waals surface area contributed by atoms with Gasteiger partial charge in [0, 0.05) is 17.5 Å². The molecule has 0 saturated carbocycles. The summed E-state index contributed by atoms with van der Waals surface area (Å²) in [5.74, 6) is 0.312. The van der Waals surface area contributed by atoms with Gasteiger partial charge in [0.2, 0.25) is 12.7 Å². The molecule has 2 N–H and O–H groups in total. The number of esters is 1. The third kappa shape index (κ3) is 6.40. The van der Waals surface area contributed by atoms with Crippen LogP contribution >= 0.6 is 11.8 Å². The van der Waals surface area contributed by atoms with Gasteiger partial charge in [-0.3, -0.25) is 9.59 Å². The van der Waals surface area contributed by atoms with Crippen LogP contribution in [-0.4, -0.2) is 42.5 Å². The molecule has 0 saturated heterocycles. The zero-order chi connectivity index (χ0) is 23.1. The van der Waals surface area contributed by atoms with E-state index < -0.39 is 18.0 Å². The highest BCUT2D eigenvalue weighted by Crippen LogP contribution is 2.32. The maximum atomic E-state index is 12.7. The largest absolute Gasteiger partial charge is 0.454 e. The fraction of sp³-hybridized carbons (Fsp3) is 0.348. The van der Waals surface area contributed by atoms with Crippen LogP contribution in [0.1, 0.15) is 36.7 Å². The molecule has 1 aliphatic heterocycles. The Hall–Kier alpha value is -3.20. The Morgan fingerprint density at radius 3 is 2.59 bits per heavy atom. The van der Waals surface area contributed by atoms with Crippen molar-refractivity contribution in [2.45, 2.75) is 44.4 Å². The topological polar surface area (TPSA) is 103 Å². The van der Waals surface area contributed by atoms with Crippen LogP contribution in [0.3, 0.4) is 0 Å². The van der Waals surface area contributed by atoms with Gasteiger partial charge >= 0.3 is 5.97 Å². The molecule has 0 radical (unpaired) electrons. The first-order valence-corrected chi connectivity index (χ1v) is 11.2. The fourth-order valence-corrected chi connectivity index (χ4v) is 3.78. The smallest absolute Gasteiger partial charge is 0.340 e. The molecule has 0 unspecified atom stereocenters. The number of hydrogen-bond acceptors (Lipinski definition) is 7. The Morgan fingerprint density at radius 1 is 1.06 bits per heavy atom. The predicted octanol–water partition coefficient (Wildman–Crippen LogP) is 2.89. The van der Waals surface area contributed by atoms with Gasteiger partial charge in [0.15, 0.2) is 17.6 Å². The zero-order valence-corrected chi connectivity index (χ0v) is 19.0. The molecule has 0 spiro atoms. The number of benzene rings is 2. The number of hydrogen-bond donors (Lipinski definition) is 2. The summed E-state index contributed by atoms with van der Waals surface area (Å²) in [7, 11) is 0. The molecule has 1 heterocycles. The third-order valence-electron chi connectivity index (χ3n) is 4.47.